The van der Waals surface area contributed by atoms with E-state index in [2.05, 4.69) is 33.1 Å². The van der Waals surface area contributed by atoms with Crippen LogP contribution in [0, 0.1) is 11.3 Å². The van der Waals surface area contributed by atoms with Crippen LogP contribution in [0.5, 0.6) is 0 Å². The molecule has 1 aliphatic heterocycles. The zero-order valence-electron chi connectivity index (χ0n) is 20.6. The minimum absolute atomic E-state index is 0.199. The third-order valence-electron chi connectivity index (χ3n) is 6.55. The number of fused-ring (bicyclic) bond motifs is 2. The SMILES string of the molecule is N#Cc1ccc2[nH]cc(CCCCN3CCN(c4ccc5oc(C(N)=O)cc5c4)CC3)c2c1.O=S(=O)(O)O. The third kappa shape index (κ3) is 7.11. The number of benzene rings is 2. The summed E-state index contributed by atoms with van der Waals surface area (Å²) in [5, 5.41) is 11.2. The summed E-state index contributed by atoms with van der Waals surface area (Å²) in [7, 11) is -4.67. The van der Waals surface area contributed by atoms with Crippen LogP contribution in [0.3, 0.4) is 0 Å². The van der Waals surface area contributed by atoms with Gasteiger partial charge in [0.25, 0.3) is 5.91 Å². The van der Waals surface area contributed by atoms with Gasteiger partial charge in [-0.15, -0.1) is 0 Å². The highest BCUT2D eigenvalue weighted by Crippen LogP contribution is 2.26. The topological polar surface area (TPSA) is 177 Å². The number of nitrogens with zero attached hydrogens (tertiary/aromatic N) is 3. The zero-order chi connectivity index (χ0) is 27.3. The minimum atomic E-state index is -4.67. The first kappa shape index (κ1) is 27.2. The number of carbonyl (C=O) groups excluding carboxylic acids is 1. The van der Waals surface area contributed by atoms with Crippen molar-refractivity contribution in [3.05, 3.63) is 65.5 Å². The number of nitriles is 1. The van der Waals surface area contributed by atoms with E-state index in [1.54, 1.807) is 6.07 Å². The van der Waals surface area contributed by atoms with Gasteiger partial charge >= 0.3 is 10.4 Å². The van der Waals surface area contributed by atoms with Crippen molar-refractivity contribution >= 4 is 43.9 Å². The second-order valence-electron chi connectivity index (χ2n) is 9.12. The predicted octanol–water partition coefficient (Wildman–Crippen LogP) is 3.38. The van der Waals surface area contributed by atoms with Crippen LogP contribution in [0.2, 0.25) is 0 Å². The minimum Gasteiger partial charge on any atom is -0.451 e. The van der Waals surface area contributed by atoms with E-state index < -0.39 is 16.3 Å². The Morgan fingerprint density at radius 1 is 1.08 bits per heavy atom. The van der Waals surface area contributed by atoms with Gasteiger partial charge in [0.15, 0.2) is 5.76 Å². The summed E-state index contributed by atoms with van der Waals surface area (Å²) in [6.07, 6.45) is 5.38. The highest BCUT2D eigenvalue weighted by molar-refractivity contribution is 7.79. The Balaban J connectivity index is 0.000000617. The van der Waals surface area contributed by atoms with Crippen LogP contribution in [-0.4, -0.2) is 66.0 Å². The summed E-state index contributed by atoms with van der Waals surface area (Å²) in [6.45, 7) is 5.13. The van der Waals surface area contributed by atoms with Crippen LogP contribution in [0.1, 0.15) is 34.5 Å². The average molecular weight is 540 g/mol. The number of nitrogens with one attached hydrogen (secondary N) is 1. The van der Waals surface area contributed by atoms with E-state index in [1.807, 2.05) is 30.3 Å². The summed E-state index contributed by atoms with van der Waals surface area (Å²) in [4.78, 5) is 19.6. The van der Waals surface area contributed by atoms with E-state index in [4.69, 9.17) is 32.9 Å². The molecule has 2 aromatic heterocycles. The molecule has 5 N–H and O–H groups in total. The van der Waals surface area contributed by atoms with Crippen molar-refractivity contribution in [1.82, 2.24) is 9.88 Å². The lowest BCUT2D eigenvalue weighted by molar-refractivity contribution is 0.0976. The zero-order valence-corrected chi connectivity index (χ0v) is 21.4. The molecule has 2 aromatic carbocycles. The van der Waals surface area contributed by atoms with Gasteiger partial charge in [-0.3, -0.25) is 18.8 Å². The number of piperazine rings is 1. The number of rotatable bonds is 7. The van der Waals surface area contributed by atoms with Crippen molar-refractivity contribution in [1.29, 1.82) is 5.26 Å². The van der Waals surface area contributed by atoms with Crippen LogP contribution >= 0.6 is 0 Å². The van der Waals surface area contributed by atoms with Crippen molar-refractivity contribution in [3.63, 3.8) is 0 Å². The van der Waals surface area contributed by atoms with Gasteiger partial charge in [-0.1, -0.05) is 0 Å². The molecule has 11 nitrogen and oxygen atoms in total. The average Bonchev–Trinajstić information content (AvgIpc) is 3.49. The number of H-pyrrole nitrogens is 1. The van der Waals surface area contributed by atoms with Crippen LogP contribution in [0.15, 0.2) is 53.1 Å². The summed E-state index contributed by atoms with van der Waals surface area (Å²) >= 11 is 0. The van der Waals surface area contributed by atoms with Crippen molar-refractivity contribution in [2.24, 2.45) is 5.73 Å². The number of amides is 1. The third-order valence-corrected chi connectivity index (χ3v) is 6.55. The van der Waals surface area contributed by atoms with E-state index in [9.17, 15) is 4.79 Å². The molecule has 1 saturated heterocycles. The van der Waals surface area contributed by atoms with Crippen LogP contribution in [0.25, 0.3) is 21.9 Å². The fraction of sp³-hybridized carbons (Fsp3) is 0.308. The first-order valence-electron chi connectivity index (χ1n) is 12.1. The first-order valence-corrected chi connectivity index (χ1v) is 13.5. The van der Waals surface area contributed by atoms with E-state index in [-0.39, 0.29) is 5.76 Å². The Bertz CT molecular complexity index is 1570. The van der Waals surface area contributed by atoms with Crippen molar-refractivity contribution in [3.8, 4) is 6.07 Å². The van der Waals surface area contributed by atoms with E-state index in [0.717, 1.165) is 68.6 Å². The molecule has 12 heteroatoms. The molecule has 0 unspecified atom stereocenters. The smallest absolute Gasteiger partial charge is 0.394 e. The Morgan fingerprint density at radius 3 is 2.50 bits per heavy atom. The quantitative estimate of drug-likeness (QED) is 0.202. The maximum atomic E-state index is 11.4. The van der Waals surface area contributed by atoms with Crippen LogP contribution < -0.4 is 10.6 Å². The second kappa shape index (κ2) is 11.7. The van der Waals surface area contributed by atoms with Crippen LogP contribution in [-0.2, 0) is 16.8 Å². The lowest BCUT2D eigenvalue weighted by atomic mass is 10.1. The second-order valence-corrected chi connectivity index (χ2v) is 10.0. The number of aromatic amines is 1. The molecule has 0 atom stereocenters. The molecule has 38 heavy (non-hydrogen) atoms. The van der Waals surface area contributed by atoms with Gasteiger partial charge < -0.3 is 20.0 Å². The lowest BCUT2D eigenvalue weighted by Crippen LogP contribution is -2.46. The van der Waals surface area contributed by atoms with Gasteiger partial charge in [0.05, 0.1) is 11.6 Å². The van der Waals surface area contributed by atoms with E-state index in [1.165, 1.54) is 10.9 Å². The number of furan rings is 1. The molecular formula is C26H29N5O6S. The number of nitrogens with two attached hydrogens (primary N) is 1. The number of unbranched alkanes of at least 4 members (excludes halogenated alkanes) is 1. The van der Waals surface area contributed by atoms with Crippen LogP contribution in [0.4, 0.5) is 5.69 Å². The van der Waals surface area contributed by atoms with Gasteiger partial charge in [0, 0.05) is 54.4 Å². The summed E-state index contributed by atoms with van der Waals surface area (Å²) in [5.74, 6) is -0.344. The number of primary amides is 1. The first-order chi connectivity index (χ1) is 18.1. The molecular weight excluding hydrogens is 510 g/mol. The number of hydrogen-bond acceptors (Lipinski definition) is 7. The number of hydrogen-bond donors (Lipinski definition) is 4. The highest BCUT2D eigenvalue weighted by Gasteiger charge is 2.18. The molecule has 1 aliphatic rings. The number of aryl methyl sites for hydroxylation is 1. The van der Waals surface area contributed by atoms with Gasteiger partial charge in [-0.2, -0.15) is 13.7 Å². The maximum absolute atomic E-state index is 11.4. The van der Waals surface area contributed by atoms with Gasteiger partial charge in [-0.25, -0.2) is 0 Å². The molecule has 1 amide bonds. The summed E-state index contributed by atoms with van der Waals surface area (Å²) in [5.41, 5.74) is 10.3. The fourth-order valence-corrected chi connectivity index (χ4v) is 4.68. The maximum Gasteiger partial charge on any atom is 0.394 e. The Hall–Kier alpha value is -3.89. The summed E-state index contributed by atoms with van der Waals surface area (Å²) in [6, 6.07) is 15.8. The highest BCUT2D eigenvalue weighted by atomic mass is 32.3. The normalized spacial score (nSPS) is 14.3. The number of aromatic nitrogens is 1. The van der Waals surface area contributed by atoms with Crippen molar-refractivity contribution < 1.29 is 26.7 Å². The van der Waals surface area contributed by atoms with E-state index >= 15 is 0 Å². The fourth-order valence-electron chi connectivity index (χ4n) is 4.68. The molecule has 0 saturated carbocycles. The molecule has 0 radical (unpaired) electrons. The molecule has 5 rings (SSSR count). The molecule has 0 spiro atoms. The van der Waals surface area contributed by atoms with Gasteiger partial charge in [-0.05, 0) is 73.8 Å². The molecule has 3 heterocycles. The Labute approximate surface area is 220 Å². The largest absolute Gasteiger partial charge is 0.451 e. The molecule has 200 valence electrons. The molecule has 0 bridgehead atoms. The van der Waals surface area contributed by atoms with Crippen molar-refractivity contribution in [2.75, 3.05) is 37.6 Å². The standard InChI is InChI=1S/C26H27N5O2.H2O4S/c27-16-18-4-6-23-22(13-18)19(17-29-23)3-1-2-8-30-9-11-31(12-10-30)21-5-7-24-20(14-21)15-25(33-24)26(28)32;1-5(2,3)4/h4-7,13-15,17,29H,1-3,8-12H2,(H2,28,32);(H2,1,2,3,4). The monoisotopic (exact) mass is 539 g/mol. The van der Waals surface area contributed by atoms with Gasteiger partial charge in [0.1, 0.15) is 5.58 Å². The number of anilines is 1. The Morgan fingerprint density at radius 2 is 1.82 bits per heavy atom. The lowest BCUT2D eigenvalue weighted by Gasteiger charge is -2.36. The number of carbonyl (C=O) groups is 1. The van der Waals surface area contributed by atoms with Gasteiger partial charge in [0.2, 0.25) is 0 Å². The Kier molecular flexibility index (Phi) is 8.33. The van der Waals surface area contributed by atoms with E-state index in [0.29, 0.717) is 11.1 Å². The predicted molar refractivity (Wildman–Crippen MR) is 144 cm³/mol. The van der Waals surface area contributed by atoms with Crippen molar-refractivity contribution in [2.45, 2.75) is 19.3 Å². The summed E-state index contributed by atoms with van der Waals surface area (Å²) < 4.78 is 37.1. The molecule has 1 fully saturated rings. The molecule has 4 aromatic rings. The molecule has 0 aliphatic carbocycles.